The van der Waals surface area contributed by atoms with E-state index < -0.39 is 5.60 Å². The summed E-state index contributed by atoms with van der Waals surface area (Å²) in [5, 5.41) is 0. The van der Waals surface area contributed by atoms with E-state index in [0.717, 1.165) is 0 Å². The van der Waals surface area contributed by atoms with Gasteiger partial charge in [0.1, 0.15) is 28.6 Å². The van der Waals surface area contributed by atoms with Crippen molar-refractivity contribution in [3.05, 3.63) is 47.5 Å². The number of nitrogens with zero attached hydrogens (tertiary/aromatic N) is 1. The zero-order valence-corrected chi connectivity index (χ0v) is 16.7. The molecule has 0 saturated carbocycles. The van der Waals surface area contributed by atoms with E-state index in [1.54, 1.807) is 62.6 Å². The van der Waals surface area contributed by atoms with Crippen molar-refractivity contribution in [3.63, 3.8) is 0 Å². The Labute approximate surface area is 169 Å². The summed E-state index contributed by atoms with van der Waals surface area (Å²) in [6.07, 6.45) is 0.829. The number of amides is 1. The van der Waals surface area contributed by atoms with Gasteiger partial charge in [0.05, 0.1) is 39.9 Å². The lowest BCUT2D eigenvalue weighted by atomic mass is 9.89. The number of methoxy groups -OCH3 is 3. The van der Waals surface area contributed by atoms with Crippen molar-refractivity contribution in [2.75, 3.05) is 34.4 Å². The van der Waals surface area contributed by atoms with E-state index in [2.05, 4.69) is 0 Å². The van der Waals surface area contributed by atoms with Crippen LogP contribution in [0.3, 0.4) is 0 Å². The predicted molar refractivity (Wildman–Crippen MR) is 105 cm³/mol. The fraction of sp³-hybridized carbons (Fsp3) is 0.364. The number of ketones is 1. The number of hydrogen-bond donors (Lipinski definition) is 0. The number of fused-ring (bicyclic) bond motifs is 1. The van der Waals surface area contributed by atoms with Crippen LogP contribution in [0.2, 0.25) is 0 Å². The highest BCUT2D eigenvalue weighted by molar-refractivity contribution is 6.01. The van der Waals surface area contributed by atoms with Crippen LogP contribution in [0.1, 0.15) is 33.6 Å². The molecule has 1 unspecified atom stereocenters. The largest absolute Gasteiger partial charge is 0.497 e. The molecular formula is C22H23NO6. The second-order valence-corrected chi connectivity index (χ2v) is 7.33. The zero-order valence-electron chi connectivity index (χ0n) is 16.7. The standard InChI is InChI=1S/C22H23NO6/c1-26-15-4-5-20-18(11-15)19(24)12-22(29-20)6-7-23(13-22)21(25)14-8-16(27-2)10-17(9-14)28-3/h4-5,8-11H,6-7,12-13H2,1-3H3. The average Bonchev–Trinajstić information content (AvgIpc) is 3.15. The number of ether oxygens (including phenoxy) is 4. The minimum atomic E-state index is -0.697. The Morgan fingerprint density at radius 1 is 1.00 bits per heavy atom. The Hall–Kier alpha value is -3.22. The van der Waals surface area contributed by atoms with Gasteiger partial charge in [0, 0.05) is 24.6 Å². The fourth-order valence-corrected chi connectivity index (χ4v) is 3.96. The van der Waals surface area contributed by atoms with Crippen molar-refractivity contribution in [2.45, 2.75) is 18.4 Å². The number of hydrogen-bond acceptors (Lipinski definition) is 6. The van der Waals surface area contributed by atoms with E-state index in [1.807, 2.05) is 0 Å². The van der Waals surface area contributed by atoms with Gasteiger partial charge in [-0.05, 0) is 30.3 Å². The van der Waals surface area contributed by atoms with Crippen LogP contribution < -0.4 is 18.9 Å². The Kier molecular flexibility index (Phi) is 4.82. The molecule has 2 aliphatic heterocycles. The van der Waals surface area contributed by atoms with Gasteiger partial charge < -0.3 is 23.8 Å². The van der Waals surface area contributed by atoms with Crippen LogP contribution in [-0.2, 0) is 0 Å². The van der Waals surface area contributed by atoms with Crippen LogP contribution in [-0.4, -0.2) is 56.6 Å². The van der Waals surface area contributed by atoms with Gasteiger partial charge >= 0.3 is 0 Å². The second kappa shape index (κ2) is 7.31. The average molecular weight is 397 g/mol. The molecule has 29 heavy (non-hydrogen) atoms. The Morgan fingerprint density at radius 2 is 1.69 bits per heavy atom. The topological polar surface area (TPSA) is 74.3 Å². The van der Waals surface area contributed by atoms with Crippen LogP contribution in [0.25, 0.3) is 0 Å². The first-order valence-electron chi connectivity index (χ1n) is 9.39. The Bertz CT molecular complexity index is 950. The molecule has 7 nitrogen and oxygen atoms in total. The van der Waals surface area contributed by atoms with Crippen LogP contribution in [0.4, 0.5) is 0 Å². The highest BCUT2D eigenvalue weighted by Crippen LogP contribution is 2.40. The van der Waals surface area contributed by atoms with E-state index in [1.165, 1.54) is 0 Å². The summed E-state index contributed by atoms with van der Waals surface area (Å²) in [6.45, 7) is 0.861. The van der Waals surface area contributed by atoms with Crippen molar-refractivity contribution in [1.29, 1.82) is 0 Å². The van der Waals surface area contributed by atoms with Crippen LogP contribution in [0, 0.1) is 0 Å². The summed E-state index contributed by atoms with van der Waals surface area (Å²) < 4.78 is 22.0. The number of Topliss-reactive ketones (excluding diaryl/α,β-unsaturated/α-hetero) is 1. The number of rotatable bonds is 4. The van der Waals surface area contributed by atoms with Gasteiger partial charge in [0.25, 0.3) is 5.91 Å². The van der Waals surface area contributed by atoms with E-state index in [-0.39, 0.29) is 18.1 Å². The molecule has 7 heteroatoms. The maximum absolute atomic E-state index is 13.1. The van der Waals surface area contributed by atoms with Gasteiger partial charge in [-0.3, -0.25) is 9.59 Å². The molecule has 1 saturated heterocycles. The van der Waals surface area contributed by atoms with E-state index in [4.69, 9.17) is 18.9 Å². The van der Waals surface area contributed by atoms with E-state index in [9.17, 15) is 9.59 Å². The molecule has 0 bridgehead atoms. The summed E-state index contributed by atoms with van der Waals surface area (Å²) in [5.41, 5.74) is 0.305. The predicted octanol–water partition coefficient (Wildman–Crippen LogP) is 2.96. The zero-order chi connectivity index (χ0) is 20.6. The van der Waals surface area contributed by atoms with Crippen LogP contribution >= 0.6 is 0 Å². The first-order chi connectivity index (χ1) is 14.0. The van der Waals surface area contributed by atoms with Gasteiger partial charge in [-0.1, -0.05) is 0 Å². The minimum Gasteiger partial charge on any atom is -0.497 e. The van der Waals surface area contributed by atoms with Gasteiger partial charge in [-0.25, -0.2) is 0 Å². The molecule has 152 valence electrons. The molecule has 0 aromatic heterocycles. The summed E-state index contributed by atoms with van der Waals surface area (Å²) in [6, 6.07) is 10.3. The lowest BCUT2D eigenvalue weighted by Gasteiger charge is -2.34. The number of carbonyl (C=O) groups is 2. The van der Waals surface area contributed by atoms with Gasteiger partial charge in [-0.2, -0.15) is 0 Å². The molecule has 2 aromatic carbocycles. The number of benzene rings is 2. The van der Waals surface area contributed by atoms with Crippen LogP contribution in [0.5, 0.6) is 23.0 Å². The molecular weight excluding hydrogens is 374 g/mol. The maximum Gasteiger partial charge on any atom is 0.254 e. The lowest BCUT2D eigenvalue weighted by Crippen LogP contribution is -2.45. The second-order valence-electron chi connectivity index (χ2n) is 7.33. The molecule has 1 spiro atoms. The Morgan fingerprint density at radius 3 is 2.34 bits per heavy atom. The van der Waals surface area contributed by atoms with Gasteiger partial charge in [-0.15, -0.1) is 0 Å². The molecule has 2 aromatic rings. The highest BCUT2D eigenvalue weighted by atomic mass is 16.5. The van der Waals surface area contributed by atoms with Crippen LogP contribution in [0.15, 0.2) is 36.4 Å². The smallest absolute Gasteiger partial charge is 0.254 e. The van der Waals surface area contributed by atoms with Crippen molar-refractivity contribution < 1.29 is 28.5 Å². The third kappa shape index (κ3) is 3.48. The molecule has 2 aliphatic rings. The fourth-order valence-electron chi connectivity index (χ4n) is 3.96. The molecule has 1 fully saturated rings. The SMILES string of the molecule is COc1cc(OC)cc(C(=O)N2CCC3(CC(=O)c4cc(OC)ccc4O3)C2)c1. The summed E-state index contributed by atoms with van der Waals surface area (Å²) in [7, 11) is 4.65. The van der Waals surface area contributed by atoms with E-state index in [0.29, 0.717) is 53.6 Å². The molecule has 0 N–H and O–H groups in total. The van der Waals surface area contributed by atoms with Crippen molar-refractivity contribution in [1.82, 2.24) is 4.90 Å². The van der Waals surface area contributed by atoms with Gasteiger partial charge in [0.2, 0.25) is 0 Å². The molecule has 4 rings (SSSR count). The Balaban J connectivity index is 1.56. The third-order valence-electron chi connectivity index (χ3n) is 5.50. The molecule has 2 heterocycles. The molecule has 0 radical (unpaired) electrons. The third-order valence-corrected chi connectivity index (χ3v) is 5.50. The number of carbonyl (C=O) groups excluding carboxylic acids is 2. The monoisotopic (exact) mass is 397 g/mol. The maximum atomic E-state index is 13.1. The molecule has 1 amide bonds. The molecule has 1 atom stereocenters. The van der Waals surface area contributed by atoms with Crippen molar-refractivity contribution in [3.8, 4) is 23.0 Å². The summed E-state index contributed by atoms with van der Waals surface area (Å²) in [5.74, 6) is 2.12. The van der Waals surface area contributed by atoms with Crippen molar-refractivity contribution in [2.24, 2.45) is 0 Å². The lowest BCUT2D eigenvalue weighted by molar-refractivity contribution is 0.0427. The summed E-state index contributed by atoms with van der Waals surface area (Å²) >= 11 is 0. The van der Waals surface area contributed by atoms with E-state index >= 15 is 0 Å². The first-order valence-corrected chi connectivity index (χ1v) is 9.39. The van der Waals surface area contributed by atoms with Crippen molar-refractivity contribution >= 4 is 11.7 Å². The normalized spacial score (nSPS) is 20.2. The van der Waals surface area contributed by atoms with Gasteiger partial charge in [0.15, 0.2) is 5.78 Å². The minimum absolute atomic E-state index is 0.00231. The number of likely N-dealkylation sites (tertiary alicyclic amines) is 1. The quantitative estimate of drug-likeness (QED) is 0.790. The highest BCUT2D eigenvalue weighted by Gasteiger charge is 2.47. The molecule has 0 aliphatic carbocycles. The first kappa shape index (κ1) is 19.1. The summed E-state index contributed by atoms with van der Waals surface area (Å²) in [4.78, 5) is 27.6.